The number of hydrogen-bond donors (Lipinski definition) is 0. The Balaban J connectivity index is 2.38. The number of hydrogen-bond acceptors (Lipinski definition) is 3. The normalized spacial score (nSPS) is 12.9. The van der Waals surface area contributed by atoms with Crippen LogP contribution in [0.2, 0.25) is 0 Å². The topological polar surface area (TPSA) is 52.4 Å². The van der Waals surface area contributed by atoms with Gasteiger partial charge in [-0.25, -0.2) is 0 Å². The van der Waals surface area contributed by atoms with Crippen molar-refractivity contribution in [2.45, 2.75) is 24.4 Å². The van der Waals surface area contributed by atoms with E-state index in [1.54, 1.807) is 0 Å². The molecule has 0 aromatic heterocycles. The standard InChI is InChI=1S/C16H8F9NO3/c17-14(18,19)11-7-9(26(27)28)3-6-12(11)29-10-4-1-8(2-5-10)13(15(20,21)22)16(23,24)25/h1-7,13H. The Labute approximate surface area is 155 Å². The van der Waals surface area contributed by atoms with Crippen molar-refractivity contribution in [3.63, 3.8) is 0 Å². The van der Waals surface area contributed by atoms with Gasteiger partial charge in [-0.05, 0) is 23.8 Å². The fourth-order valence-electron chi connectivity index (χ4n) is 2.36. The van der Waals surface area contributed by atoms with Crippen LogP contribution in [0.1, 0.15) is 17.0 Å². The van der Waals surface area contributed by atoms with Crippen LogP contribution in [0.4, 0.5) is 45.2 Å². The quantitative estimate of drug-likeness (QED) is 0.310. The molecule has 0 aliphatic heterocycles. The molecule has 0 radical (unpaired) electrons. The number of rotatable bonds is 4. The van der Waals surface area contributed by atoms with Crippen LogP contribution in [0.25, 0.3) is 0 Å². The third-order valence-corrected chi connectivity index (χ3v) is 3.58. The highest BCUT2D eigenvalue weighted by molar-refractivity contribution is 5.47. The third-order valence-electron chi connectivity index (χ3n) is 3.58. The molecule has 0 atom stereocenters. The zero-order valence-electron chi connectivity index (χ0n) is 13.7. The first kappa shape index (κ1) is 22.3. The SMILES string of the molecule is O=[N+]([O-])c1ccc(Oc2ccc(C(C(F)(F)F)C(F)(F)F)cc2)c(C(F)(F)F)c1. The number of non-ortho nitro benzene ring substituents is 1. The molecule has 0 saturated carbocycles. The van der Waals surface area contributed by atoms with E-state index in [2.05, 4.69) is 0 Å². The summed E-state index contributed by atoms with van der Waals surface area (Å²) in [5.41, 5.74) is -3.62. The highest BCUT2D eigenvalue weighted by atomic mass is 19.4. The van der Waals surface area contributed by atoms with Crippen molar-refractivity contribution < 1.29 is 49.2 Å². The van der Waals surface area contributed by atoms with Crippen molar-refractivity contribution in [2.24, 2.45) is 0 Å². The predicted molar refractivity (Wildman–Crippen MR) is 79.5 cm³/mol. The zero-order chi connectivity index (χ0) is 22.2. The van der Waals surface area contributed by atoms with Crippen LogP contribution in [0.5, 0.6) is 11.5 Å². The Morgan fingerprint density at radius 1 is 0.828 bits per heavy atom. The van der Waals surface area contributed by atoms with Crippen LogP contribution in [0.3, 0.4) is 0 Å². The lowest BCUT2D eigenvalue weighted by Crippen LogP contribution is -2.34. The second-order valence-corrected chi connectivity index (χ2v) is 5.62. The molecule has 0 fully saturated rings. The maximum atomic E-state index is 13.1. The lowest BCUT2D eigenvalue weighted by Gasteiger charge is -2.23. The van der Waals surface area contributed by atoms with E-state index < -0.39 is 57.7 Å². The first-order chi connectivity index (χ1) is 13.1. The fraction of sp³-hybridized carbons (Fsp3) is 0.250. The molecule has 0 aliphatic rings. The van der Waals surface area contributed by atoms with Crippen LogP contribution < -0.4 is 4.74 Å². The van der Waals surface area contributed by atoms with Gasteiger partial charge in [-0.2, -0.15) is 39.5 Å². The van der Waals surface area contributed by atoms with Gasteiger partial charge in [0.25, 0.3) is 5.69 Å². The number of nitro groups is 1. The molecule has 0 N–H and O–H groups in total. The van der Waals surface area contributed by atoms with Crippen molar-refractivity contribution >= 4 is 5.69 Å². The number of benzene rings is 2. The van der Waals surface area contributed by atoms with Crippen molar-refractivity contribution in [3.8, 4) is 11.5 Å². The van der Waals surface area contributed by atoms with E-state index in [0.717, 1.165) is 0 Å². The minimum absolute atomic E-state index is 0.188. The average Bonchev–Trinajstić information content (AvgIpc) is 2.53. The Kier molecular flexibility index (Phi) is 5.72. The number of ether oxygens (including phenoxy) is 1. The van der Waals surface area contributed by atoms with Crippen molar-refractivity contribution in [1.82, 2.24) is 0 Å². The molecule has 0 saturated heterocycles. The molecule has 13 heteroatoms. The summed E-state index contributed by atoms with van der Waals surface area (Å²) in [5.74, 6) is -5.20. The number of halogens is 9. The first-order valence-corrected chi connectivity index (χ1v) is 7.37. The van der Waals surface area contributed by atoms with E-state index in [-0.39, 0.29) is 6.07 Å². The highest BCUT2D eigenvalue weighted by Gasteiger charge is 2.57. The van der Waals surface area contributed by atoms with Gasteiger partial charge in [0, 0.05) is 12.1 Å². The van der Waals surface area contributed by atoms with E-state index >= 15 is 0 Å². The van der Waals surface area contributed by atoms with Gasteiger partial charge in [-0.3, -0.25) is 10.1 Å². The molecule has 0 spiro atoms. The summed E-state index contributed by atoms with van der Waals surface area (Å²) in [6.45, 7) is 0. The Morgan fingerprint density at radius 3 is 1.76 bits per heavy atom. The van der Waals surface area contributed by atoms with Gasteiger partial charge in [-0.1, -0.05) is 12.1 Å². The van der Waals surface area contributed by atoms with E-state index in [1.165, 1.54) is 0 Å². The lowest BCUT2D eigenvalue weighted by molar-refractivity contribution is -0.385. The van der Waals surface area contributed by atoms with Gasteiger partial charge < -0.3 is 4.74 Å². The summed E-state index contributed by atoms with van der Waals surface area (Å²) < 4.78 is 120. The maximum absolute atomic E-state index is 13.1. The predicted octanol–water partition coefficient (Wildman–Crippen LogP) is 6.61. The zero-order valence-corrected chi connectivity index (χ0v) is 13.7. The van der Waals surface area contributed by atoms with Gasteiger partial charge in [0.05, 0.1) is 4.92 Å². The van der Waals surface area contributed by atoms with E-state index in [1.807, 2.05) is 0 Å². The van der Waals surface area contributed by atoms with Crippen LogP contribution >= 0.6 is 0 Å². The summed E-state index contributed by atoms with van der Waals surface area (Å²) >= 11 is 0. The number of nitrogens with zero attached hydrogens (tertiary/aromatic N) is 1. The molecular weight excluding hydrogens is 425 g/mol. The molecular formula is C16H8F9NO3. The van der Waals surface area contributed by atoms with Gasteiger partial charge >= 0.3 is 18.5 Å². The van der Waals surface area contributed by atoms with Crippen LogP contribution in [-0.4, -0.2) is 17.3 Å². The van der Waals surface area contributed by atoms with Crippen LogP contribution in [0.15, 0.2) is 42.5 Å². The molecule has 2 aromatic carbocycles. The van der Waals surface area contributed by atoms with Crippen molar-refractivity contribution in [2.75, 3.05) is 0 Å². The molecule has 29 heavy (non-hydrogen) atoms. The maximum Gasteiger partial charge on any atom is 0.420 e. The summed E-state index contributed by atoms with van der Waals surface area (Å²) in [7, 11) is 0. The number of alkyl halides is 9. The molecule has 158 valence electrons. The Hall–Kier alpha value is -2.99. The first-order valence-electron chi connectivity index (χ1n) is 7.37. The van der Waals surface area contributed by atoms with Gasteiger partial charge in [0.2, 0.25) is 0 Å². The fourth-order valence-corrected chi connectivity index (χ4v) is 2.36. The molecule has 0 unspecified atom stereocenters. The van der Waals surface area contributed by atoms with Crippen molar-refractivity contribution in [1.29, 1.82) is 0 Å². The molecule has 0 bridgehead atoms. The van der Waals surface area contributed by atoms with Gasteiger partial charge in [0.15, 0.2) is 5.92 Å². The van der Waals surface area contributed by atoms with Crippen LogP contribution in [-0.2, 0) is 6.18 Å². The van der Waals surface area contributed by atoms with Gasteiger partial charge in [0.1, 0.15) is 17.1 Å². The largest absolute Gasteiger partial charge is 0.457 e. The van der Waals surface area contributed by atoms with Crippen LogP contribution in [0, 0.1) is 10.1 Å². The second kappa shape index (κ2) is 7.44. The highest BCUT2D eigenvalue weighted by Crippen LogP contribution is 2.47. The monoisotopic (exact) mass is 433 g/mol. The van der Waals surface area contributed by atoms with Crippen molar-refractivity contribution in [3.05, 3.63) is 63.7 Å². The van der Waals surface area contributed by atoms with Gasteiger partial charge in [-0.15, -0.1) is 0 Å². The van der Waals surface area contributed by atoms with E-state index in [0.29, 0.717) is 36.4 Å². The summed E-state index contributed by atoms with van der Waals surface area (Å²) in [6.07, 6.45) is -16.3. The summed E-state index contributed by atoms with van der Waals surface area (Å²) in [6, 6.07) is 3.58. The summed E-state index contributed by atoms with van der Waals surface area (Å²) in [5, 5.41) is 10.6. The molecule has 4 nitrogen and oxygen atoms in total. The molecule has 0 aliphatic carbocycles. The minimum Gasteiger partial charge on any atom is -0.457 e. The molecule has 0 heterocycles. The third kappa shape index (κ3) is 5.29. The lowest BCUT2D eigenvalue weighted by atomic mass is 9.98. The smallest absolute Gasteiger partial charge is 0.420 e. The molecule has 0 amide bonds. The Bertz CT molecular complexity index is 872. The van der Waals surface area contributed by atoms with E-state index in [9.17, 15) is 49.6 Å². The Morgan fingerprint density at radius 2 is 1.34 bits per heavy atom. The summed E-state index contributed by atoms with van der Waals surface area (Å²) in [4.78, 5) is 9.55. The van der Waals surface area contributed by atoms with E-state index in [4.69, 9.17) is 4.74 Å². The second-order valence-electron chi connectivity index (χ2n) is 5.62. The number of nitro benzene ring substituents is 1. The molecule has 2 aromatic rings. The minimum atomic E-state index is -5.64. The molecule has 2 rings (SSSR count). The average molecular weight is 433 g/mol.